The van der Waals surface area contributed by atoms with Gasteiger partial charge in [0.15, 0.2) is 0 Å². The van der Waals surface area contributed by atoms with Crippen LogP contribution in [0, 0.1) is 6.92 Å². The molecular weight excluding hydrogens is 472 g/mol. The van der Waals surface area contributed by atoms with Gasteiger partial charge >= 0.3 is 6.03 Å². The fraction of sp³-hybridized carbons (Fsp3) is 0.120. The number of halogens is 1. The molecule has 0 spiro atoms. The zero-order valence-electron chi connectivity index (χ0n) is 18.6. The maximum absolute atomic E-state index is 12.6. The minimum atomic E-state index is -3.58. The molecule has 4 rings (SSSR count). The van der Waals surface area contributed by atoms with E-state index in [0.717, 1.165) is 27.6 Å². The largest absolute Gasteiger partial charge is 0.350 e. The lowest BCUT2D eigenvalue weighted by Gasteiger charge is -2.23. The van der Waals surface area contributed by atoms with E-state index in [4.69, 9.17) is 17.3 Å². The Bertz CT molecular complexity index is 1460. The monoisotopic (exact) mass is 494 g/mol. The van der Waals surface area contributed by atoms with Crippen LogP contribution in [-0.2, 0) is 16.6 Å². The van der Waals surface area contributed by atoms with Crippen molar-refractivity contribution in [1.82, 2.24) is 9.78 Å². The van der Waals surface area contributed by atoms with Gasteiger partial charge in [-0.3, -0.25) is 4.31 Å². The Morgan fingerprint density at radius 3 is 2.35 bits per heavy atom. The molecule has 0 atom stereocenters. The van der Waals surface area contributed by atoms with Gasteiger partial charge in [0.1, 0.15) is 5.69 Å². The summed E-state index contributed by atoms with van der Waals surface area (Å²) < 4.78 is 27.5. The van der Waals surface area contributed by atoms with Crippen LogP contribution >= 0.6 is 11.6 Å². The van der Waals surface area contributed by atoms with Crippen molar-refractivity contribution in [2.45, 2.75) is 13.5 Å². The van der Waals surface area contributed by atoms with Crippen LogP contribution in [0.1, 0.15) is 11.1 Å². The number of aryl methyl sites for hydroxylation is 1. The number of nitrogens with zero attached hydrogens (tertiary/aromatic N) is 3. The van der Waals surface area contributed by atoms with Gasteiger partial charge in [-0.15, -0.1) is 0 Å². The van der Waals surface area contributed by atoms with Gasteiger partial charge in [0, 0.05) is 22.3 Å². The predicted octanol–water partition coefficient (Wildman–Crippen LogP) is 5.07. The summed E-state index contributed by atoms with van der Waals surface area (Å²) in [7, 11) is -3.58. The number of benzene rings is 3. The third kappa shape index (κ3) is 4.98. The molecule has 174 valence electrons. The highest BCUT2D eigenvalue weighted by Gasteiger charge is 2.20. The van der Waals surface area contributed by atoms with Gasteiger partial charge in [0.05, 0.1) is 18.5 Å². The first-order chi connectivity index (χ1) is 16.1. The number of amides is 1. The highest BCUT2D eigenvalue weighted by atomic mass is 35.5. The molecule has 0 aliphatic heterocycles. The van der Waals surface area contributed by atoms with Gasteiger partial charge in [-0.1, -0.05) is 71.8 Å². The van der Waals surface area contributed by atoms with Crippen LogP contribution in [-0.4, -0.2) is 30.5 Å². The predicted molar refractivity (Wildman–Crippen MR) is 135 cm³/mol. The number of nitrogens with two attached hydrogens (primary N) is 1. The molecule has 0 aliphatic rings. The molecule has 3 aromatic carbocycles. The van der Waals surface area contributed by atoms with Crippen molar-refractivity contribution in [2.24, 2.45) is 5.73 Å². The summed E-state index contributed by atoms with van der Waals surface area (Å²) in [5.41, 5.74) is 10.6. The second kappa shape index (κ2) is 9.32. The fourth-order valence-electron chi connectivity index (χ4n) is 3.69. The Morgan fingerprint density at radius 2 is 1.74 bits per heavy atom. The van der Waals surface area contributed by atoms with E-state index in [0.29, 0.717) is 27.5 Å². The third-order valence-electron chi connectivity index (χ3n) is 5.37. The van der Waals surface area contributed by atoms with E-state index in [2.05, 4.69) is 5.10 Å². The standard InChI is InChI=1S/C25H23ClN4O3S/c1-17-6-5-8-19(14-17)22-16-29(25(27)31)28-24(22)18-10-12-21(13-11-18)30(34(2,32)33)15-20-7-3-4-9-23(20)26/h3-14,16H,15H2,1-2H3,(H2,27,31). The Hall–Kier alpha value is -3.62. The van der Waals surface area contributed by atoms with Crippen LogP contribution in [0.2, 0.25) is 5.02 Å². The van der Waals surface area contributed by atoms with Crippen molar-refractivity contribution in [1.29, 1.82) is 0 Å². The minimum absolute atomic E-state index is 0.0999. The van der Waals surface area contributed by atoms with Crippen molar-refractivity contribution >= 4 is 33.3 Å². The number of carbonyl (C=O) groups is 1. The van der Waals surface area contributed by atoms with Crippen molar-refractivity contribution in [3.8, 4) is 22.4 Å². The maximum atomic E-state index is 12.6. The van der Waals surface area contributed by atoms with E-state index in [1.54, 1.807) is 48.7 Å². The molecule has 0 bridgehead atoms. The smallest absolute Gasteiger partial charge is 0.339 e. The number of rotatable bonds is 6. The average Bonchev–Trinajstić information content (AvgIpc) is 3.24. The number of anilines is 1. The first-order valence-electron chi connectivity index (χ1n) is 10.4. The lowest BCUT2D eigenvalue weighted by Crippen LogP contribution is -2.29. The molecule has 4 aromatic rings. The summed E-state index contributed by atoms with van der Waals surface area (Å²) in [5, 5.41) is 4.87. The number of hydrogen-bond acceptors (Lipinski definition) is 4. The summed E-state index contributed by atoms with van der Waals surface area (Å²) in [6.45, 7) is 2.08. The number of primary amides is 1. The Kier molecular flexibility index (Phi) is 6.45. The van der Waals surface area contributed by atoms with E-state index in [9.17, 15) is 13.2 Å². The van der Waals surface area contributed by atoms with Crippen molar-refractivity contribution in [2.75, 3.05) is 10.6 Å². The van der Waals surface area contributed by atoms with E-state index < -0.39 is 16.1 Å². The van der Waals surface area contributed by atoms with Crippen molar-refractivity contribution in [3.05, 3.63) is 95.1 Å². The summed E-state index contributed by atoms with van der Waals surface area (Å²) >= 11 is 6.26. The molecule has 1 heterocycles. The number of aromatic nitrogens is 2. The van der Waals surface area contributed by atoms with E-state index >= 15 is 0 Å². The van der Waals surface area contributed by atoms with Crippen molar-refractivity contribution in [3.63, 3.8) is 0 Å². The van der Waals surface area contributed by atoms with Crippen LogP contribution in [0.15, 0.2) is 79.0 Å². The van der Waals surface area contributed by atoms with Crippen LogP contribution in [0.3, 0.4) is 0 Å². The fourth-order valence-corrected chi connectivity index (χ4v) is 4.76. The number of hydrogen-bond donors (Lipinski definition) is 1. The molecule has 0 saturated heterocycles. The normalized spacial score (nSPS) is 11.4. The molecule has 34 heavy (non-hydrogen) atoms. The molecule has 2 N–H and O–H groups in total. The van der Waals surface area contributed by atoms with E-state index in [-0.39, 0.29) is 6.54 Å². The van der Waals surface area contributed by atoms with Gasteiger partial charge in [-0.2, -0.15) is 9.78 Å². The van der Waals surface area contributed by atoms with Gasteiger partial charge in [-0.25, -0.2) is 13.2 Å². The van der Waals surface area contributed by atoms with Crippen LogP contribution in [0.5, 0.6) is 0 Å². The molecule has 1 aromatic heterocycles. The highest BCUT2D eigenvalue weighted by molar-refractivity contribution is 7.92. The molecule has 9 heteroatoms. The molecule has 0 fully saturated rings. The van der Waals surface area contributed by atoms with Gasteiger partial charge < -0.3 is 5.73 Å². The lowest BCUT2D eigenvalue weighted by atomic mass is 10.0. The SMILES string of the molecule is Cc1cccc(-c2cn(C(N)=O)nc2-c2ccc(N(Cc3ccccc3Cl)S(C)(=O)=O)cc2)c1. The highest BCUT2D eigenvalue weighted by Crippen LogP contribution is 2.33. The molecule has 1 amide bonds. The summed E-state index contributed by atoms with van der Waals surface area (Å²) in [4.78, 5) is 11.8. The zero-order valence-corrected chi connectivity index (χ0v) is 20.2. The van der Waals surface area contributed by atoms with Crippen LogP contribution in [0.4, 0.5) is 10.5 Å². The molecule has 0 aliphatic carbocycles. The van der Waals surface area contributed by atoms with E-state index in [1.807, 2.05) is 37.3 Å². The average molecular weight is 495 g/mol. The summed E-state index contributed by atoms with van der Waals surface area (Å²) in [6.07, 6.45) is 2.75. The van der Waals surface area contributed by atoms with E-state index in [1.165, 1.54) is 4.31 Å². The second-order valence-corrected chi connectivity index (χ2v) is 10.3. The Balaban J connectivity index is 1.75. The Labute approximate surface area is 203 Å². The topological polar surface area (TPSA) is 98.3 Å². The summed E-state index contributed by atoms with van der Waals surface area (Å²) in [6, 6.07) is 21.2. The second-order valence-electron chi connectivity index (χ2n) is 7.95. The van der Waals surface area contributed by atoms with Crippen molar-refractivity contribution < 1.29 is 13.2 Å². The first-order valence-corrected chi connectivity index (χ1v) is 12.6. The van der Waals surface area contributed by atoms with Gasteiger partial charge in [0.2, 0.25) is 10.0 Å². The van der Waals surface area contributed by atoms with Crippen LogP contribution < -0.4 is 10.0 Å². The number of carbonyl (C=O) groups excluding carboxylic acids is 1. The molecule has 0 saturated carbocycles. The molecular formula is C25H23ClN4O3S. The molecule has 7 nitrogen and oxygen atoms in total. The third-order valence-corrected chi connectivity index (χ3v) is 6.88. The minimum Gasteiger partial charge on any atom is -0.350 e. The van der Waals surface area contributed by atoms with Gasteiger partial charge in [0.25, 0.3) is 0 Å². The summed E-state index contributed by atoms with van der Waals surface area (Å²) in [5.74, 6) is 0. The lowest BCUT2D eigenvalue weighted by molar-refractivity contribution is 0.248. The zero-order chi connectivity index (χ0) is 24.5. The quantitative estimate of drug-likeness (QED) is 0.404. The van der Waals surface area contributed by atoms with Crippen LogP contribution in [0.25, 0.3) is 22.4 Å². The Morgan fingerprint density at radius 1 is 1.03 bits per heavy atom. The molecule has 0 radical (unpaired) electrons. The first kappa shape index (κ1) is 23.5. The van der Waals surface area contributed by atoms with Gasteiger partial charge in [-0.05, 0) is 36.2 Å². The number of sulfonamides is 1. The maximum Gasteiger partial charge on any atom is 0.339 e. The molecule has 0 unspecified atom stereocenters.